The lowest BCUT2D eigenvalue weighted by molar-refractivity contribution is -0.147. The number of carbonyl (C=O) groups is 4. The van der Waals surface area contributed by atoms with Gasteiger partial charge in [0.2, 0.25) is 11.8 Å². The second kappa shape index (κ2) is 18.9. The van der Waals surface area contributed by atoms with E-state index in [0.717, 1.165) is 17.5 Å². The number of benzene rings is 2. The molecular formula is C41H61N3O7. The number of likely N-dealkylation sites (N-methyl/N-ethyl adjacent to an activating group) is 1. The third kappa shape index (κ3) is 10.8. The number of nitrogens with two attached hydrogens (primary N) is 1. The van der Waals surface area contributed by atoms with Crippen LogP contribution in [0, 0.1) is 23.7 Å². The van der Waals surface area contributed by atoms with Crippen LogP contribution in [0.5, 0.6) is 0 Å². The summed E-state index contributed by atoms with van der Waals surface area (Å²) in [5, 5.41) is 10.9. The molecule has 8 atom stereocenters. The molecule has 282 valence electrons. The lowest BCUT2D eigenvalue weighted by Gasteiger charge is -2.38. The second-order valence-electron chi connectivity index (χ2n) is 15.3. The minimum atomic E-state index is -1.07. The number of Topliss-reactive ketones (excluding diaryl/α,β-unsaturated/α-hetero) is 2. The topological polar surface area (TPSA) is 139 Å². The van der Waals surface area contributed by atoms with Crippen molar-refractivity contribution in [2.75, 3.05) is 27.8 Å². The fourth-order valence-corrected chi connectivity index (χ4v) is 7.34. The highest BCUT2D eigenvalue weighted by atomic mass is 16.5. The van der Waals surface area contributed by atoms with Crippen LogP contribution in [0.1, 0.15) is 96.9 Å². The van der Waals surface area contributed by atoms with Gasteiger partial charge >= 0.3 is 0 Å². The quantitative estimate of drug-likeness (QED) is 0.194. The van der Waals surface area contributed by atoms with E-state index >= 15 is 0 Å². The van der Waals surface area contributed by atoms with Crippen molar-refractivity contribution in [3.8, 4) is 0 Å². The van der Waals surface area contributed by atoms with Gasteiger partial charge in [0, 0.05) is 52.5 Å². The zero-order chi connectivity index (χ0) is 38.0. The lowest BCUT2D eigenvalue weighted by Crippen LogP contribution is -2.50. The molecule has 3 N–H and O–H groups in total. The fourth-order valence-electron chi connectivity index (χ4n) is 7.34. The van der Waals surface area contributed by atoms with E-state index in [1.54, 1.807) is 37.8 Å². The van der Waals surface area contributed by atoms with Gasteiger partial charge in [0.15, 0.2) is 5.78 Å². The van der Waals surface area contributed by atoms with Gasteiger partial charge in [-0.1, -0.05) is 88.4 Å². The number of amides is 2. The van der Waals surface area contributed by atoms with Crippen molar-refractivity contribution in [3.63, 3.8) is 0 Å². The maximum atomic E-state index is 14.2. The summed E-state index contributed by atoms with van der Waals surface area (Å²) in [7, 11) is 4.81. The number of ketones is 2. The standard InChI is InChI=1S/C41H61N3O7/c1-26(2)31(24-35(46)41(5,6)42)40(49)43(7)37(29-17-12-10-13-18-29)34(50-8)25-36(47)44-22-16-21-32(44)39(51-9)28(4)33(45)23-27(3)38(48)30-19-14-11-15-20-30/h10-15,17-20,26-28,31-32,34,37-39,48H,16,21-25,42H2,1-9H3/t27-,28-,31-,32-,34+,37-,38+,39+/m0/s1. The van der Waals surface area contributed by atoms with Gasteiger partial charge in [-0.15, -0.1) is 0 Å². The number of carbonyl (C=O) groups excluding carboxylic acids is 4. The van der Waals surface area contributed by atoms with E-state index < -0.39 is 41.7 Å². The van der Waals surface area contributed by atoms with E-state index in [9.17, 15) is 24.3 Å². The van der Waals surface area contributed by atoms with Crippen LogP contribution >= 0.6 is 0 Å². The minimum Gasteiger partial charge on any atom is -0.388 e. The first-order valence-electron chi connectivity index (χ1n) is 18.3. The van der Waals surface area contributed by atoms with Crippen LogP contribution in [0.3, 0.4) is 0 Å². The third-order valence-electron chi connectivity index (χ3n) is 10.7. The van der Waals surface area contributed by atoms with E-state index in [0.29, 0.717) is 13.0 Å². The zero-order valence-corrected chi connectivity index (χ0v) is 32.1. The van der Waals surface area contributed by atoms with Crippen molar-refractivity contribution < 1.29 is 33.8 Å². The van der Waals surface area contributed by atoms with Gasteiger partial charge in [-0.2, -0.15) is 0 Å². The molecule has 0 unspecified atom stereocenters. The molecule has 1 saturated heterocycles. The first-order valence-corrected chi connectivity index (χ1v) is 18.3. The smallest absolute Gasteiger partial charge is 0.226 e. The largest absolute Gasteiger partial charge is 0.388 e. The molecule has 0 aromatic heterocycles. The summed E-state index contributed by atoms with van der Waals surface area (Å²) in [6.45, 7) is 11.3. The van der Waals surface area contributed by atoms with Crippen LogP contribution in [0.4, 0.5) is 0 Å². The molecule has 0 radical (unpaired) electrons. The number of aliphatic hydroxyl groups is 1. The number of methoxy groups -OCH3 is 2. The van der Waals surface area contributed by atoms with E-state index in [1.165, 1.54) is 7.11 Å². The van der Waals surface area contributed by atoms with Gasteiger partial charge in [0.1, 0.15) is 5.78 Å². The van der Waals surface area contributed by atoms with Crippen molar-refractivity contribution in [2.45, 2.75) is 110 Å². The van der Waals surface area contributed by atoms with Gasteiger partial charge in [-0.3, -0.25) is 19.2 Å². The maximum absolute atomic E-state index is 14.2. The van der Waals surface area contributed by atoms with Crippen molar-refractivity contribution in [1.82, 2.24) is 9.80 Å². The Bertz CT molecular complexity index is 1430. The Morgan fingerprint density at radius 3 is 1.98 bits per heavy atom. The first-order chi connectivity index (χ1) is 24.0. The molecule has 2 aromatic carbocycles. The second-order valence-corrected chi connectivity index (χ2v) is 15.3. The van der Waals surface area contributed by atoms with Gasteiger partial charge in [0.25, 0.3) is 0 Å². The Kier molecular flexibility index (Phi) is 15.5. The summed E-state index contributed by atoms with van der Waals surface area (Å²) < 4.78 is 12.0. The molecule has 0 spiro atoms. The number of aliphatic hydroxyl groups excluding tert-OH is 1. The molecule has 10 nitrogen and oxygen atoms in total. The van der Waals surface area contributed by atoms with Crippen LogP contribution in [0.2, 0.25) is 0 Å². The molecular weight excluding hydrogens is 646 g/mol. The maximum Gasteiger partial charge on any atom is 0.226 e. The van der Waals surface area contributed by atoms with Crippen LogP contribution in [0.15, 0.2) is 60.7 Å². The van der Waals surface area contributed by atoms with Crippen LogP contribution < -0.4 is 5.73 Å². The lowest BCUT2D eigenvalue weighted by atomic mass is 9.84. The van der Waals surface area contributed by atoms with Gasteiger partial charge in [-0.25, -0.2) is 0 Å². The summed E-state index contributed by atoms with van der Waals surface area (Å²) in [6.07, 6.45) is -0.383. The van der Waals surface area contributed by atoms with Crippen molar-refractivity contribution >= 4 is 23.4 Å². The van der Waals surface area contributed by atoms with Crippen LogP contribution in [-0.4, -0.2) is 89.9 Å². The summed E-state index contributed by atoms with van der Waals surface area (Å²) >= 11 is 0. The summed E-state index contributed by atoms with van der Waals surface area (Å²) in [5.74, 6) is -2.13. The highest BCUT2D eigenvalue weighted by molar-refractivity contribution is 5.92. The van der Waals surface area contributed by atoms with Crippen molar-refractivity contribution in [3.05, 3.63) is 71.8 Å². The molecule has 2 amide bonds. The average Bonchev–Trinajstić information content (AvgIpc) is 3.59. The number of ether oxygens (including phenoxy) is 2. The third-order valence-corrected chi connectivity index (χ3v) is 10.7. The molecule has 0 bridgehead atoms. The Morgan fingerprint density at radius 2 is 1.47 bits per heavy atom. The Hall–Kier alpha value is -3.44. The SMILES string of the molecule is CO[C@H]([C@@H](C)C(=O)C[C@H](C)[C@@H](O)c1ccccc1)[C@@H]1CCCN1C(=O)C[C@@H](OC)[C@H](c1ccccc1)N(C)C(=O)[C@@H](CC(=O)C(C)(C)N)C(C)C. The predicted molar refractivity (Wildman–Crippen MR) is 198 cm³/mol. The van der Waals surface area contributed by atoms with E-state index in [2.05, 4.69) is 0 Å². The molecule has 1 aliphatic rings. The molecule has 10 heteroatoms. The van der Waals surface area contributed by atoms with Gasteiger partial charge in [0.05, 0.1) is 42.4 Å². The predicted octanol–water partition coefficient (Wildman–Crippen LogP) is 5.53. The molecule has 3 rings (SSSR count). The molecule has 1 heterocycles. The molecule has 0 saturated carbocycles. The Morgan fingerprint density at radius 1 is 0.902 bits per heavy atom. The number of nitrogens with zero attached hydrogens (tertiary/aromatic N) is 2. The molecule has 51 heavy (non-hydrogen) atoms. The summed E-state index contributed by atoms with van der Waals surface area (Å²) in [4.78, 5) is 58.3. The van der Waals surface area contributed by atoms with Gasteiger partial charge in [-0.05, 0) is 49.7 Å². The normalized spacial score (nSPS) is 19.1. The summed E-state index contributed by atoms with van der Waals surface area (Å²) in [6, 6.07) is 17.8. The average molecular weight is 708 g/mol. The van der Waals surface area contributed by atoms with Crippen LogP contribution in [-0.2, 0) is 28.7 Å². The number of rotatable bonds is 19. The van der Waals surface area contributed by atoms with E-state index in [4.69, 9.17) is 15.2 Å². The zero-order valence-electron chi connectivity index (χ0n) is 32.1. The molecule has 1 aliphatic heterocycles. The van der Waals surface area contributed by atoms with E-state index in [-0.39, 0.29) is 60.5 Å². The monoisotopic (exact) mass is 707 g/mol. The fraction of sp³-hybridized carbons (Fsp3) is 0.610. The summed E-state index contributed by atoms with van der Waals surface area (Å²) in [5.41, 5.74) is 6.60. The molecule has 0 aliphatic carbocycles. The minimum absolute atomic E-state index is 0.00957. The Balaban J connectivity index is 1.81. The number of likely N-dealkylation sites (tertiary alicyclic amines) is 1. The molecule has 2 aromatic rings. The van der Waals surface area contributed by atoms with Crippen LogP contribution in [0.25, 0.3) is 0 Å². The van der Waals surface area contributed by atoms with E-state index in [1.807, 2.05) is 88.4 Å². The highest BCUT2D eigenvalue weighted by Gasteiger charge is 2.42. The number of hydrogen-bond acceptors (Lipinski definition) is 8. The Labute approximate surface area is 305 Å². The van der Waals surface area contributed by atoms with Crippen molar-refractivity contribution in [1.29, 1.82) is 0 Å². The van der Waals surface area contributed by atoms with Gasteiger partial charge < -0.3 is 30.1 Å². The molecule has 1 fully saturated rings. The van der Waals surface area contributed by atoms with Crippen molar-refractivity contribution in [2.24, 2.45) is 29.4 Å². The first kappa shape index (κ1) is 42.0. The number of hydrogen-bond donors (Lipinski definition) is 2. The highest BCUT2D eigenvalue weighted by Crippen LogP contribution is 2.34.